The number of esters is 1. The number of hydrogen-bond acceptors (Lipinski definition) is 5. The van der Waals surface area contributed by atoms with Gasteiger partial charge in [0, 0.05) is 0 Å². The molecule has 1 atom stereocenters. The van der Waals surface area contributed by atoms with E-state index in [0.29, 0.717) is 11.4 Å². The highest BCUT2D eigenvalue weighted by molar-refractivity contribution is 5.98. The third-order valence-corrected chi connectivity index (χ3v) is 3.10. The van der Waals surface area contributed by atoms with Gasteiger partial charge in [-0.25, -0.2) is 4.79 Å². The Balaban J connectivity index is 2.01. The number of ether oxygens (including phenoxy) is 2. The molecule has 0 aliphatic heterocycles. The van der Waals surface area contributed by atoms with E-state index in [1.54, 1.807) is 24.3 Å². The number of carbonyl (C=O) groups is 2. The van der Waals surface area contributed by atoms with Crippen LogP contribution in [0.5, 0.6) is 11.5 Å². The molecule has 0 bridgehead atoms. The van der Waals surface area contributed by atoms with Gasteiger partial charge in [-0.05, 0) is 37.3 Å². The zero-order valence-electron chi connectivity index (χ0n) is 12.8. The number of carbonyl (C=O) groups excluding carboxylic acids is 2. The number of aromatic hydroxyl groups is 1. The third-order valence-electron chi connectivity index (χ3n) is 3.10. The number of methoxy groups -OCH3 is 1. The van der Waals surface area contributed by atoms with E-state index in [9.17, 15) is 14.7 Å². The molecule has 0 aliphatic rings. The second kappa shape index (κ2) is 7.31. The van der Waals surface area contributed by atoms with Gasteiger partial charge in [0.1, 0.15) is 11.5 Å². The number of phenolic OH excluding ortho intramolecular Hbond substituents is 1. The van der Waals surface area contributed by atoms with Crippen LogP contribution in [0.25, 0.3) is 0 Å². The highest BCUT2D eigenvalue weighted by Crippen LogP contribution is 2.23. The van der Waals surface area contributed by atoms with Gasteiger partial charge in [-0.15, -0.1) is 0 Å². The van der Waals surface area contributed by atoms with Crippen LogP contribution in [0.3, 0.4) is 0 Å². The van der Waals surface area contributed by atoms with E-state index in [4.69, 9.17) is 9.47 Å². The topological polar surface area (TPSA) is 84.9 Å². The fourth-order valence-electron chi connectivity index (χ4n) is 1.90. The van der Waals surface area contributed by atoms with Crippen LogP contribution in [0, 0.1) is 0 Å². The molecular weight excluding hydrogens is 298 g/mol. The standard InChI is InChI=1S/C17H17NO5/c1-11(23-17(21)12-6-5-7-13(19)10-12)16(20)18-14-8-3-4-9-15(14)22-2/h3-11,19H,1-2H3,(H,18,20). The van der Waals surface area contributed by atoms with Crippen LogP contribution < -0.4 is 10.1 Å². The van der Waals surface area contributed by atoms with Crippen molar-refractivity contribution in [3.63, 3.8) is 0 Å². The monoisotopic (exact) mass is 315 g/mol. The maximum atomic E-state index is 12.1. The van der Waals surface area contributed by atoms with E-state index in [2.05, 4.69) is 5.32 Å². The molecular formula is C17H17NO5. The van der Waals surface area contributed by atoms with E-state index >= 15 is 0 Å². The summed E-state index contributed by atoms with van der Waals surface area (Å²) in [5, 5.41) is 12.0. The SMILES string of the molecule is COc1ccccc1NC(=O)C(C)OC(=O)c1cccc(O)c1. The van der Waals surface area contributed by atoms with Crippen LogP contribution in [0.1, 0.15) is 17.3 Å². The second-order valence-electron chi connectivity index (χ2n) is 4.79. The number of para-hydroxylation sites is 2. The molecule has 0 fully saturated rings. The Morgan fingerprint density at radius 2 is 1.87 bits per heavy atom. The molecule has 2 rings (SSSR count). The fraction of sp³-hybridized carbons (Fsp3) is 0.176. The average Bonchev–Trinajstić information content (AvgIpc) is 2.55. The van der Waals surface area contributed by atoms with E-state index in [-0.39, 0.29) is 11.3 Å². The van der Waals surface area contributed by atoms with Crippen LogP contribution in [0.2, 0.25) is 0 Å². The summed E-state index contributed by atoms with van der Waals surface area (Å²) in [6.45, 7) is 1.46. The smallest absolute Gasteiger partial charge is 0.339 e. The summed E-state index contributed by atoms with van der Waals surface area (Å²) >= 11 is 0. The Bertz CT molecular complexity index is 714. The van der Waals surface area contributed by atoms with E-state index in [1.165, 1.54) is 38.3 Å². The molecule has 1 amide bonds. The number of amides is 1. The van der Waals surface area contributed by atoms with Gasteiger partial charge in [0.25, 0.3) is 5.91 Å². The molecule has 0 spiro atoms. The molecule has 23 heavy (non-hydrogen) atoms. The molecule has 6 heteroatoms. The van der Waals surface area contributed by atoms with Crippen molar-refractivity contribution < 1.29 is 24.2 Å². The molecule has 0 heterocycles. The van der Waals surface area contributed by atoms with Crippen molar-refractivity contribution in [1.29, 1.82) is 0 Å². The third kappa shape index (κ3) is 4.23. The highest BCUT2D eigenvalue weighted by atomic mass is 16.5. The quantitative estimate of drug-likeness (QED) is 0.828. The summed E-state index contributed by atoms with van der Waals surface area (Å²) in [5.74, 6) is -0.718. The first kappa shape index (κ1) is 16.4. The van der Waals surface area contributed by atoms with Gasteiger partial charge in [0.05, 0.1) is 18.4 Å². The predicted octanol–water partition coefficient (Wildman–Crippen LogP) is 2.58. The second-order valence-corrected chi connectivity index (χ2v) is 4.79. The normalized spacial score (nSPS) is 11.4. The summed E-state index contributed by atoms with van der Waals surface area (Å²) < 4.78 is 10.2. The molecule has 0 saturated heterocycles. The largest absolute Gasteiger partial charge is 0.508 e. The van der Waals surface area contributed by atoms with Crippen LogP contribution in [-0.4, -0.2) is 30.2 Å². The number of rotatable bonds is 5. The van der Waals surface area contributed by atoms with Crippen LogP contribution >= 0.6 is 0 Å². The molecule has 120 valence electrons. The first-order valence-corrected chi connectivity index (χ1v) is 6.95. The Morgan fingerprint density at radius 1 is 1.13 bits per heavy atom. The molecule has 2 aromatic carbocycles. The van der Waals surface area contributed by atoms with Crippen molar-refractivity contribution in [2.24, 2.45) is 0 Å². The van der Waals surface area contributed by atoms with Crippen LogP contribution in [-0.2, 0) is 9.53 Å². The van der Waals surface area contributed by atoms with Gasteiger partial charge >= 0.3 is 5.97 Å². The molecule has 2 aromatic rings. The lowest BCUT2D eigenvalue weighted by atomic mass is 10.2. The first-order valence-electron chi connectivity index (χ1n) is 6.95. The van der Waals surface area contributed by atoms with Gasteiger partial charge in [-0.1, -0.05) is 18.2 Å². The minimum atomic E-state index is -1.00. The van der Waals surface area contributed by atoms with Gasteiger partial charge in [-0.2, -0.15) is 0 Å². The number of phenols is 1. The maximum absolute atomic E-state index is 12.1. The lowest BCUT2D eigenvalue weighted by Crippen LogP contribution is -2.30. The highest BCUT2D eigenvalue weighted by Gasteiger charge is 2.20. The Hall–Kier alpha value is -3.02. The number of benzene rings is 2. The van der Waals surface area contributed by atoms with E-state index in [0.717, 1.165) is 0 Å². The molecule has 0 saturated carbocycles. The van der Waals surface area contributed by atoms with Crippen molar-refractivity contribution in [2.75, 3.05) is 12.4 Å². The minimum Gasteiger partial charge on any atom is -0.508 e. The molecule has 0 radical (unpaired) electrons. The van der Waals surface area contributed by atoms with Gasteiger partial charge in [0.15, 0.2) is 6.10 Å². The Morgan fingerprint density at radius 3 is 2.57 bits per heavy atom. The first-order chi connectivity index (χ1) is 11.0. The summed E-state index contributed by atoms with van der Waals surface area (Å²) in [5.41, 5.74) is 0.655. The van der Waals surface area contributed by atoms with Crippen LogP contribution in [0.4, 0.5) is 5.69 Å². The maximum Gasteiger partial charge on any atom is 0.339 e. The van der Waals surface area contributed by atoms with E-state index < -0.39 is 18.0 Å². The Kier molecular flexibility index (Phi) is 5.19. The zero-order chi connectivity index (χ0) is 16.8. The molecule has 1 unspecified atom stereocenters. The van der Waals surface area contributed by atoms with Crippen molar-refractivity contribution in [1.82, 2.24) is 0 Å². The number of anilines is 1. The summed E-state index contributed by atoms with van der Waals surface area (Å²) in [4.78, 5) is 24.1. The molecule has 6 nitrogen and oxygen atoms in total. The van der Waals surface area contributed by atoms with Crippen molar-refractivity contribution in [2.45, 2.75) is 13.0 Å². The predicted molar refractivity (Wildman–Crippen MR) is 84.6 cm³/mol. The Labute approximate surface area is 133 Å². The molecule has 0 aromatic heterocycles. The van der Waals surface area contributed by atoms with E-state index in [1.807, 2.05) is 0 Å². The fourth-order valence-corrected chi connectivity index (χ4v) is 1.90. The van der Waals surface area contributed by atoms with Crippen molar-refractivity contribution >= 4 is 17.6 Å². The number of nitrogens with one attached hydrogen (secondary N) is 1. The lowest BCUT2D eigenvalue weighted by molar-refractivity contribution is -0.123. The molecule has 2 N–H and O–H groups in total. The van der Waals surface area contributed by atoms with Gasteiger partial charge in [-0.3, -0.25) is 4.79 Å². The average molecular weight is 315 g/mol. The molecule has 0 aliphatic carbocycles. The zero-order valence-corrected chi connectivity index (χ0v) is 12.8. The van der Waals surface area contributed by atoms with Crippen molar-refractivity contribution in [3.05, 3.63) is 54.1 Å². The summed E-state index contributed by atoms with van der Waals surface area (Å²) in [6.07, 6.45) is -1.00. The summed E-state index contributed by atoms with van der Waals surface area (Å²) in [7, 11) is 1.50. The minimum absolute atomic E-state index is 0.0504. The lowest BCUT2D eigenvalue weighted by Gasteiger charge is -2.15. The van der Waals surface area contributed by atoms with Gasteiger partial charge < -0.3 is 19.9 Å². The van der Waals surface area contributed by atoms with Crippen molar-refractivity contribution in [3.8, 4) is 11.5 Å². The van der Waals surface area contributed by atoms with Crippen LogP contribution in [0.15, 0.2) is 48.5 Å². The summed E-state index contributed by atoms with van der Waals surface area (Å²) in [6, 6.07) is 12.6. The number of hydrogen-bond donors (Lipinski definition) is 2. The van der Waals surface area contributed by atoms with Gasteiger partial charge in [0.2, 0.25) is 0 Å².